The van der Waals surface area contributed by atoms with Gasteiger partial charge in [0.15, 0.2) is 0 Å². The van der Waals surface area contributed by atoms with Gasteiger partial charge in [0.05, 0.1) is 0 Å². The molecule has 12 rings (SSSR count). The third kappa shape index (κ3) is 6.97. The maximum Gasteiger partial charge on any atom is -0.00140 e. The molecule has 0 spiro atoms. The summed E-state index contributed by atoms with van der Waals surface area (Å²) < 4.78 is 0. The molecule has 62 heavy (non-hydrogen) atoms. The minimum atomic E-state index is 0.429. The number of hydrogen-bond acceptors (Lipinski definition) is 0. The van der Waals surface area contributed by atoms with Gasteiger partial charge in [-0.3, -0.25) is 0 Å². The Morgan fingerprint density at radius 2 is 0.935 bits per heavy atom. The molecule has 0 N–H and O–H groups in total. The minimum absolute atomic E-state index is 0.429. The molecule has 0 saturated heterocycles. The van der Waals surface area contributed by atoms with Gasteiger partial charge in [-0.05, 0) is 165 Å². The van der Waals surface area contributed by atoms with E-state index < -0.39 is 0 Å². The van der Waals surface area contributed by atoms with Gasteiger partial charge in [0.25, 0.3) is 0 Å². The molecule has 0 heterocycles. The molecule has 0 heteroatoms. The molecule has 2 aliphatic rings. The first kappa shape index (κ1) is 39.6. The highest BCUT2D eigenvalue weighted by Crippen LogP contribution is 2.50. The first-order valence-corrected chi connectivity index (χ1v) is 23.2. The van der Waals surface area contributed by atoms with Crippen molar-refractivity contribution in [2.75, 3.05) is 0 Å². The van der Waals surface area contributed by atoms with Crippen LogP contribution in [0.2, 0.25) is 0 Å². The Bertz CT molecular complexity index is 3150. The van der Waals surface area contributed by atoms with Crippen molar-refractivity contribution in [3.8, 4) is 33.4 Å². The van der Waals surface area contributed by atoms with Crippen molar-refractivity contribution in [2.24, 2.45) is 5.92 Å². The SMILES string of the molecule is CC.CCC(C)CC(C)c1cc(-c2cccc3c2C=CCC3)c2ccc3c(-c4cccc5ccccc45)cc(-c4cccc5ccccc45)c4ccc1c2c34.c1ccc2c(c1)C2. The molecule has 2 unspecified atom stereocenters. The summed E-state index contributed by atoms with van der Waals surface area (Å²) in [5, 5.41) is 13.3. The largest absolute Gasteiger partial charge is 0.0836 e. The summed E-state index contributed by atoms with van der Waals surface area (Å²) in [6, 6.07) is 61.7. The van der Waals surface area contributed by atoms with Gasteiger partial charge in [-0.1, -0.05) is 205 Å². The molecule has 0 bridgehead atoms. The van der Waals surface area contributed by atoms with E-state index in [1.807, 2.05) is 13.8 Å². The molecular weight excluding hydrogens is 745 g/mol. The van der Waals surface area contributed by atoms with Crippen LogP contribution in [0.4, 0.5) is 0 Å². The number of hydrogen-bond donors (Lipinski definition) is 0. The average Bonchev–Trinajstić information content (AvgIpc) is 4.13. The number of rotatable bonds is 7. The molecule has 304 valence electrons. The summed E-state index contributed by atoms with van der Waals surface area (Å²) in [6.07, 6.45) is 10.6. The molecule has 0 aromatic heterocycles. The molecule has 10 aromatic rings. The molecule has 0 nitrogen and oxygen atoms in total. The fourth-order valence-electron chi connectivity index (χ4n) is 10.5. The highest BCUT2D eigenvalue weighted by molar-refractivity contribution is 6.31. The van der Waals surface area contributed by atoms with E-state index in [0.717, 1.165) is 12.8 Å². The van der Waals surface area contributed by atoms with Gasteiger partial charge in [-0.15, -0.1) is 0 Å². The lowest BCUT2D eigenvalue weighted by atomic mass is 9.78. The lowest BCUT2D eigenvalue weighted by Gasteiger charge is -2.25. The Labute approximate surface area is 367 Å². The van der Waals surface area contributed by atoms with E-state index in [-0.39, 0.29) is 0 Å². The van der Waals surface area contributed by atoms with Crippen molar-refractivity contribution in [3.63, 3.8) is 0 Å². The predicted octanol–water partition coefficient (Wildman–Crippen LogP) is 18.0. The first-order valence-electron chi connectivity index (χ1n) is 23.2. The van der Waals surface area contributed by atoms with Crippen LogP contribution < -0.4 is 0 Å². The Morgan fingerprint density at radius 3 is 1.53 bits per heavy atom. The van der Waals surface area contributed by atoms with Crippen LogP contribution in [-0.4, -0.2) is 0 Å². The smallest absolute Gasteiger partial charge is 0.00140 e. The van der Waals surface area contributed by atoms with Crippen LogP contribution in [0.3, 0.4) is 0 Å². The monoisotopic (exact) mass is 800 g/mol. The van der Waals surface area contributed by atoms with Crippen molar-refractivity contribution in [1.82, 2.24) is 0 Å². The van der Waals surface area contributed by atoms with Crippen LogP contribution in [-0.2, 0) is 12.8 Å². The molecular formula is C62H56. The van der Waals surface area contributed by atoms with Gasteiger partial charge < -0.3 is 0 Å². The molecule has 0 saturated carbocycles. The summed E-state index contributed by atoms with van der Waals surface area (Å²) in [7, 11) is 0. The maximum absolute atomic E-state index is 2.57. The van der Waals surface area contributed by atoms with E-state index in [4.69, 9.17) is 0 Å². The fourth-order valence-corrected chi connectivity index (χ4v) is 10.5. The zero-order chi connectivity index (χ0) is 42.3. The lowest BCUT2D eigenvalue weighted by Crippen LogP contribution is -2.04. The zero-order valence-electron chi connectivity index (χ0n) is 36.9. The Kier molecular flexibility index (Phi) is 10.7. The minimum Gasteiger partial charge on any atom is -0.0836 e. The van der Waals surface area contributed by atoms with Crippen molar-refractivity contribution >= 4 is 59.9 Å². The van der Waals surface area contributed by atoms with E-state index in [1.54, 1.807) is 0 Å². The first-order chi connectivity index (χ1) is 30.6. The molecule has 2 aliphatic carbocycles. The van der Waals surface area contributed by atoms with Crippen LogP contribution in [0.15, 0.2) is 170 Å². The van der Waals surface area contributed by atoms with E-state index in [1.165, 1.54) is 134 Å². The zero-order valence-corrected chi connectivity index (χ0v) is 36.9. The third-order valence-corrected chi connectivity index (χ3v) is 13.8. The molecule has 0 radical (unpaired) electrons. The molecule has 2 atom stereocenters. The molecule has 0 fully saturated rings. The van der Waals surface area contributed by atoms with Crippen molar-refractivity contribution in [2.45, 2.75) is 72.6 Å². The number of aryl methyl sites for hydroxylation is 1. The summed E-state index contributed by atoms with van der Waals surface area (Å²) in [6.45, 7) is 11.2. The summed E-state index contributed by atoms with van der Waals surface area (Å²) in [5.74, 6) is 1.09. The standard InChI is InChI=1S/C53H44.C7H6.C2H6/c1-4-33(2)30-34(3)48-31-49(41-23-11-17-35-14-5-8-20-38(35)41)45-28-29-47-51(43-25-13-19-37-16-7-10-22-40(37)43)32-50(46-27-26-44(48)52(45)53(46)47)42-24-12-18-36-15-6-9-21-39(36)42;1-2-4-7-5-6(7)3-1;1-2/h6-13,15-29,31-34H,4-5,14,30H2,1-3H3;1-4H,5H2;1-2H3. The van der Waals surface area contributed by atoms with Gasteiger partial charge in [0.2, 0.25) is 0 Å². The van der Waals surface area contributed by atoms with Gasteiger partial charge in [-0.2, -0.15) is 0 Å². The number of fused-ring (bicyclic) bond motifs is 4. The molecule has 0 amide bonds. The Morgan fingerprint density at radius 1 is 0.452 bits per heavy atom. The second-order valence-corrected chi connectivity index (χ2v) is 17.5. The second-order valence-electron chi connectivity index (χ2n) is 17.5. The van der Waals surface area contributed by atoms with E-state index in [2.05, 4.69) is 197 Å². The quantitative estimate of drug-likeness (QED) is 0.141. The average molecular weight is 801 g/mol. The van der Waals surface area contributed by atoms with E-state index in [0.29, 0.717) is 11.8 Å². The van der Waals surface area contributed by atoms with Crippen LogP contribution >= 0.6 is 0 Å². The summed E-state index contributed by atoms with van der Waals surface area (Å²) in [5.41, 5.74) is 15.3. The van der Waals surface area contributed by atoms with Gasteiger partial charge in [-0.25, -0.2) is 0 Å². The van der Waals surface area contributed by atoms with Crippen LogP contribution in [0.25, 0.3) is 93.3 Å². The third-order valence-electron chi connectivity index (χ3n) is 13.8. The predicted molar refractivity (Wildman–Crippen MR) is 272 cm³/mol. The van der Waals surface area contributed by atoms with Crippen molar-refractivity contribution < 1.29 is 0 Å². The number of allylic oxidation sites excluding steroid dienone is 1. The van der Waals surface area contributed by atoms with Gasteiger partial charge >= 0.3 is 0 Å². The van der Waals surface area contributed by atoms with E-state index in [9.17, 15) is 0 Å². The van der Waals surface area contributed by atoms with Crippen molar-refractivity contribution in [3.05, 3.63) is 198 Å². The Hall–Kier alpha value is -6.50. The summed E-state index contributed by atoms with van der Waals surface area (Å²) >= 11 is 0. The van der Waals surface area contributed by atoms with Crippen LogP contribution in [0, 0.1) is 5.92 Å². The highest BCUT2D eigenvalue weighted by atomic mass is 14.3. The van der Waals surface area contributed by atoms with Crippen LogP contribution in [0.5, 0.6) is 0 Å². The highest BCUT2D eigenvalue weighted by Gasteiger charge is 2.24. The number of benzene rings is 10. The van der Waals surface area contributed by atoms with Gasteiger partial charge in [0, 0.05) is 0 Å². The van der Waals surface area contributed by atoms with E-state index >= 15 is 0 Å². The van der Waals surface area contributed by atoms with Gasteiger partial charge in [0.1, 0.15) is 0 Å². The second kappa shape index (κ2) is 16.8. The van der Waals surface area contributed by atoms with Crippen molar-refractivity contribution in [1.29, 1.82) is 0 Å². The summed E-state index contributed by atoms with van der Waals surface area (Å²) in [4.78, 5) is 0. The molecule has 10 aromatic carbocycles. The fraction of sp³-hybridized carbons (Fsp3) is 0.194. The molecule has 0 aliphatic heterocycles. The lowest BCUT2D eigenvalue weighted by molar-refractivity contribution is 0.473. The Balaban J connectivity index is 0.000000455. The normalized spacial score (nSPS) is 13.6. The topological polar surface area (TPSA) is 0 Å². The van der Waals surface area contributed by atoms with Crippen LogP contribution in [0.1, 0.15) is 87.6 Å². The maximum atomic E-state index is 2.57.